The summed E-state index contributed by atoms with van der Waals surface area (Å²) >= 11 is 0. The molecule has 0 radical (unpaired) electrons. The van der Waals surface area contributed by atoms with Crippen molar-refractivity contribution in [1.82, 2.24) is 4.90 Å². The molecule has 0 aliphatic carbocycles. The molecule has 0 saturated carbocycles. The number of halogens is 1. The molecule has 6 heteroatoms. The molecule has 0 bridgehead atoms. The maximum absolute atomic E-state index is 13.1. The zero-order valence-electron chi connectivity index (χ0n) is 11.7. The Morgan fingerprint density at radius 1 is 1.60 bits per heavy atom. The van der Waals surface area contributed by atoms with Crippen LogP contribution < -0.4 is 10.1 Å². The fourth-order valence-corrected chi connectivity index (χ4v) is 2.16. The van der Waals surface area contributed by atoms with Gasteiger partial charge in [0.1, 0.15) is 11.6 Å². The van der Waals surface area contributed by atoms with Crippen LogP contribution in [0.5, 0.6) is 5.75 Å². The van der Waals surface area contributed by atoms with E-state index in [0.717, 1.165) is 19.4 Å². The molecule has 1 aromatic carbocycles. The normalized spacial score (nSPS) is 17.9. The number of ether oxygens (including phenoxy) is 2. The molecular formula is C14H19FN2O3. The predicted molar refractivity (Wildman–Crippen MR) is 73.6 cm³/mol. The number of benzene rings is 1. The number of hydrogen-bond donors (Lipinski definition) is 1. The third-order valence-electron chi connectivity index (χ3n) is 3.25. The Morgan fingerprint density at radius 2 is 2.40 bits per heavy atom. The third kappa shape index (κ3) is 3.60. The SMILES string of the molecule is COc1cc(F)ccc1NC(=O)N(C)C[C@H]1CCCO1. The van der Waals surface area contributed by atoms with Crippen LogP contribution in [0.25, 0.3) is 0 Å². The van der Waals surface area contributed by atoms with Gasteiger partial charge >= 0.3 is 6.03 Å². The molecule has 2 rings (SSSR count). The minimum absolute atomic E-state index is 0.0980. The topological polar surface area (TPSA) is 50.8 Å². The van der Waals surface area contributed by atoms with Gasteiger partial charge in [0.2, 0.25) is 0 Å². The van der Waals surface area contributed by atoms with E-state index in [-0.39, 0.29) is 12.1 Å². The number of likely N-dealkylation sites (N-methyl/N-ethyl adjacent to an activating group) is 1. The number of nitrogens with zero attached hydrogens (tertiary/aromatic N) is 1. The Labute approximate surface area is 117 Å². The summed E-state index contributed by atoms with van der Waals surface area (Å²) < 4.78 is 23.6. The van der Waals surface area contributed by atoms with Crippen molar-refractivity contribution >= 4 is 11.7 Å². The number of carbonyl (C=O) groups is 1. The lowest BCUT2D eigenvalue weighted by Gasteiger charge is -2.21. The van der Waals surface area contributed by atoms with Gasteiger partial charge in [-0.1, -0.05) is 0 Å². The molecule has 1 saturated heterocycles. The van der Waals surface area contributed by atoms with E-state index in [1.165, 1.54) is 25.3 Å². The molecule has 1 fully saturated rings. The standard InChI is InChI=1S/C14H19FN2O3/c1-17(9-11-4-3-7-20-11)14(18)16-12-6-5-10(15)8-13(12)19-2/h5-6,8,11H,3-4,7,9H2,1-2H3,(H,16,18)/t11-/m1/s1. The van der Waals surface area contributed by atoms with Gasteiger partial charge in [-0.05, 0) is 25.0 Å². The van der Waals surface area contributed by atoms with E-state index in [1.807, 2.05) is 0 Å². The molecule has 1 atom stereocenters. The highest BCUT2D eigenvalue weighted by Crippen LogP contribution is 2.25. The first kappa shape index (κ1) is 14.6. The summed E-state index contributed by atoms with van der Waals surface area (Å²) in [7, 11) is 3.13. The molecule has 0 spiro atoms. The van der Waals surface area contributed by atoms with Crippen LogP contribution in [-0.2, 0) is 4.74 Å². The highest BCUT2D eigenvalue weighted by molar-refractivity contribution is 5.90. The van der Waals surface area contributed by atoms with E-state index >= 15 is 0 Å². The Kier molecular flexibility index (Phi) is 4.79. The van der Waals surface area contributed by atoms with Crippen LogP contribution in [0.4, 0.5) is 14.9 Å². The second kappa shape index (κ2) is 6.56. The minimum Gasteiger partial charge on any atom is -0.494 e. The van der Waals surface area contributed by atoms with Crippen LogP contribution in [0, 0.1) is 5.82 Å². The first-order valence-corrected chi connectivity index (χ1v) is 6.57. The van der Waals surface area contributed by atoms with E-state index in [1.54, 1.807) is 11.9 Å². The summed E-state index contributed by atoms with van der Waals surface area (Å²) in [6.07, 6.45) is 2.10. The van der Waals surface area contributed by atoms with E-state index in [9.17, 15) is 9.18 Å². The largest absolute Gasteiger partial charge is 0.494 e. The van der Waals surface area contributed by atoms with Gasteiger partial charge in [-0.2, -0.15) is 0 Å². The van der Waals surface area contributed by atoms with Gasteiger partial charge in [-0.25, -0.2) is 9.18 Å². The van der Waals surface area contributed by atoms with Crippen LogP contribution in [0.15, 0.2) is 18.2 Å². The van der Waals surface area contributed by atoms with Crippen LogP contribution in [0.1, 0.15) is 12.8 Å². The maximum Gasteiger partial charge on any atom is 0.321 e. The smallest absolute Gasteiger partial charge is 0.321 e. The molecule has 0 aromatic heterocycles. The van der Waals surface area contributed by atoms with Crippen molar-refractivity contribution in [3.63, 3.8) is 0 Å². The average Bonchev–Trinajstić information content (AvgIpc) is 2.93. The van der Waals surface area contributed by atoms with Crippen LogP contribution in [0.2, 0.25) is 0 Å². The zero-order chi connectivity index (χ0) is 14.5. The van der Waals surface area contributed by atoms with Crippen molar-refractivity contribution in [3.05, 3.63) is 24.0 Å². The lowest BCUT2D eigenvalue weighted by Crippen LogP contribution is -2.37. The fraction of sp³-hybridized carbons (Fsp3) is 0.500. The zero-order valence-corrected chi connectivity index (χ0v) is 11.7. The molecule has 1 heterocycles. The van der Waals surface area contributed by atoms with E-state index in [4.69, 9.17) is 9.47 Å². The Bertz CT molecular complexity index is 475. The van der Waals surface area contributed by atoms with Crippen LogP contribution in [0.3, 0.4) is 0 Å². The first-order valence-electron chi connectivity index (χ1n) is 6.57. The summed E-state index contributed by atoms with van der Waals surface area (Å²) in [6, 6.07) is 3.71. The third-order valence-corrected chi connectivity index (χ3v) is 3.25. The molecule has 1 aromatic rings. The quantitative estimate of drug-likeness (QED) is 0.923. The molecule has 1 N–H and O–H groups in total. The summed E-state index contributed by atoms with van der Waals surface area (Å²) in [5.74, 6) is -0.114. The second-order valence-electron chi connectivity index (χ2n) is 4.79. The highest BCUT2D eigenvalue weighted by Gasteiger charge is 2.20. The molecule has 0 unspecified atom stereocenters. The van der Waals surface area contributed by atoms with Gasteiger partial charge in [0.25, 0.3) is 0 Å². The van der Waals surface area contributed by atoms with Crippen molar-refractivity contribution in [2.45, 2.75) is 18.9 Å². The molecule has 1 aliphatic rings. The number of nitrogens with one attached hydrogen (secondary N) is 1. The number of carbonyl (C=O) groups excluding carboxylic acids is 1. The van der Waals surface area contributed by atoms with Gasteiger partial charge in [-0.3, -0.25) is 0 Å². The van der Waals surface area contributed by atoms with Gasteiger partial charge in [0.15, 0.2) is 0 Å². The highest BCUT2D eigenvalue weighted by atomic mass is 19.1. The summed E-state index contributed by atoms with van der Waals surface area (Å²) in [5.41, 5.74) is 0.443. The summed E-state index contributed by atoms with van der Waals surface area (Å²) in [6.45, 7) is 1.29. The number of urea groups is 1. The van der Waals surface area contributed by atoms with Gasteiger partial charge in [0.05, 0.1) is 18.9 Å². The van der Waals surface area contributed by atoms with Crippen molar-refractivity contribution in [1.29, 1.82) is 0 Å². The van der Waals surface area contributed by atoms with Gasteiger partial charge in [-0.15, -0.1) is 0 Å². The average molecular weight is 282 g/mol. The number of amides is 2. The molecule has 2 amide bonds. The van der Waals surface area contributed by atoms with Crippen molar-refractivity contribution in [2.24, 2.45) is 0 Å². The van der Waals surface area contributed by atoms with E-state index in [2.05, 4.69) is 5.32 Å². The number of rotatable bonds is 4. The minimum atomic E-state index is -0.410. The molecule has 1 aliphatic heterocycles. The van der Waals surface area contributed by atoms with Gasteiger partial charge in [0, 0.05) is 26.3 Å². The predicted octanol–water partition coefficient (Wildman–Crippen LogP) is 2.48. The second-order valence-corrected chi connectivity index (χ2v) is 4.79. The molecule has 110 valence electrons. The Morgan fingerprint density at radius 3 is 3.05 bits per heavy atom. The Hall–Kier alpha value is -1.82. The summed E-state index contributed by atoms with van der Waals surface area (Å²) in [4.78, 5) is 13.6. The van der Waals surface area contributed by atoms with Crippen molar-refractivity contribution in [2.75, 3.05) is 32.6 Å². The lowest BCUT2D eigenvalue weighted by molar-refractivity contribution is 0.0894. The maximum atomic E-state index is 13.1. The Balaban J connectivity index is 1.96. The van der Waals surface area contributed by atoms with Crippen molar-refractivity contribution in [3.8, 4) is 5.75 Å². The number of anilines is 1. The number of hydrogen-bond acceptors (Lipinski definition) is 3. The molecule has 20 heavy (non-hydrogen) atoms. The van der Waals surface area contributed by atoms with E-state index in [0.29, 0.717) is 18.0 Å². The lowest BCUT2D eigenvalue weighted by atomic mass is 10.2. The van der Waals surface area contributed by atoms with Crippen LogP contribution >= 0.6 is 0 Å². The number of methoxy groups -OCH3 is 1. The monoisotopic (exact) mass is 282 g/mol. The van der Waals surface area contributed by atoms with Crippen LogP contribution in [-0.4, -0.2) is 44.3 Å². The fourth-order valence-electron chi connectivity index (χ4n) is 2.16. The summed E-state index contributed by atoms with van der Waals surface area (Å²) in [5, 5.41) is 2.70. The molecular weight excluding hydrogens is 263 g/mol. The van der Waals surface area contributed by atoms with E-state index < -0.39 is 5.82 Å². The van der Waals surface area contributed by atoms with Gasteiger partial charge < -0.3 is 19.7 Å². The van der Waals surface area contributed by atoms with Crippen molar-refractivity contribution < 1.29 is 18.7 Å². The first-order chi connectivity index (χ1) is 9.60. The molecule has 5 nitrogen and oxygen atoms in total.